The molecule has 0 saturated carbocycles. The summed E-state index contributed by atoms with van der Waals surface area (Å²) in [6, 6.07) is 0. The van der Waals surface area contributed by atoms with Crippen LogP contribution in [0.2, 0.25) is 0 Å². The molecule has 0 spiro atoms. The molecule has 17 heavy (non-hydrogen) atoms. The van der Waals surface area contributed by atoms with Crippen molar-refractivity contribution >= 4 is 11.6 Å². The minimum atomic E-state index is -0.418. The van der Waals surface area contributed by atoms with Crippen molar-refractivity contribution in [3.63, 3.8) is 0 Å². The van der Waals surface area contributed by atoms with E-state index in [1.54, 1.807) is 13.0 Å². The highest BCUT2D eigenvalue weighted by Crippen LogP contribution is 2.09. The maximum Gasteiger partial charge on any atom is 0.228 e. The molecule has 0 aromatic rings. The second-order valence-corrected chi connectivity index (χ2v) is 4.46. The molecule has 94 valence electrons. The van der Waals surface area contributed by atoms with Crippen LogP contribution in [0.4, 0.5) is 0 Å². The Morgan fingerprint density at radius 2 is 1.76 bits per heavy atom. The first kappa shape index (κ1) is 13.7. The molecule has 1 rings (SSSR count). The number of ketones is 2. The molecular weight excluding hydrogens is 214 g/mol. The van der Waals surface area contributed by atoms with Gasteiger partial charge in [0.1, 0.15) is 0 Å². The van der Waals surface area contributed by atoms with Gasteiger partial charge in [0.15, 0.2) is 0 Å². The van der Waals surface area contributed by atoms with E-state index in [4.69, 9.17) is 0 Å². The van der Waals surface area contributed by atoms with E-state index >= 15 is 0 Å². The highest BCUT2D eigenvalue weighted by Gasteiger charge is 2.18. The first-order valence-corrected chi connectivity index (χ1v) is 6.37. The largest absolute Gasteiger partial charge is 0.385 e. The Morgan fingerprint density at radius 3 is 2.41 bits per heavy atom. The van der Waals surface area contributed by atoms with Crippen LogP contribution in [0.25, 0.3) is 0 Å². The summed E-state index contributed by atoms with van der Waals surface area (Å²) < 4.78 is 0. The van der Waals surface area contributed by atoms with Gasteiger partial charge in [0.2, 0.25) is 11.6 Å². The standard InChI is InChI=1S/C14H21NO2/c1-3-4-5-6-7-8-15-12-9-11(2)14(17)13(16)10-12/h9-10,15H,3-8H2,1-2H3. The van der Waals surface area contributed by atoms with Gasteiger partial charge in [-0.05, 0) is 19.4 Å². The van der Waals surface area contributed by atoms with Gasteiger partial charge in [-0.25, -0.2) is 0 Å². The smallest absolute Gasteiger partial charge is 0.228 e. The number of allylic oxidation sites excluding steroid dienone is 3. The Morgan fingerprint density at radius 1 is 1.06 bits per heavy atom. The molecule has 0 unspecified atom stereocenters. The molecule has 1 aliphatic carbocycles. The van der Waals surface area contributed by atoms with Crippen molar-refractivity contribution in [1.82, 2.24) is 5.32 Å². The first-order valence-electron chi connectivity index (χ1n) is 6.37. The molecule has 1 N–H and O–H groups in total. The Labute approximate surface area is 103 Å². The molecule has 3 nitrogen and oxygen atoms in total. The van der Waals surface area contributed by atoms with E-state index in [0.717, 1.165) is 18.7 Å². The zero-order valence-electron chi connectivity index (χ0n) is 10.7. The Kier molecular flexibility index (Phi) is 5.67. The Hall–Kier alpha value is -1.38. The van der Waals surface area contributed by atoms with Crippen LogP contribution in [0.1, 0.15) is 46.0 Å². The molecule has 0 atom stereocenters. The Balaban J connectivity index is 2.26. The Bertz CT molecular complexity index is 353. The molecule has 0 bridgehead atoms. The topological polar surface area (TPSA) is 46.2 Å². The molecule has 0 aromatic carbocycles. The number of carbonyl (C=O) groups excluding carboxylic acids is 2. The van der Waals surface area contributed by atoms with Crippen LogP contribution in [-0.2, 0) is 9.59 Å². The number of rotatable bonds is 7. The zero-order chi connectivity index (χ0) is 12.7. The second-order valence-electron chi connectivity index (χ2n) is 4.46. The predicted molar refractivity (Wildman–Crippen MR) is 68.6 cm³/mol. The predicted octanol–water partition coefficient (Wildman–Crippen LogP) is 2.53. The van der Waals surface area contributed by atoms with E-state index < -0.39 is 11.6 Å². The normalized spacial score (nSPS) is 15.6. The summed E-state index contributed by atoms with van der Waals surface area (Å²) in [7, 11) is 0. The lowest BCUT2D eigenvalue weighted by Gasteiger charge is -2.11. The van der Waals surface area contributed by atoms with Gasteiger partial charge in [0.25, 0.3) is 0 Å². The van der Waals surface area contributed by atoms with E-state index in [2.05, 4.69) is 12.2 Å². The van der Waals surface area contributed by atoms with Gasteiger partial charge >= 0.3 is 0 Å². The number of hydrogen-bond donors (Lipinski definition) is 1. The summed E-state index contributed by atoms with van der Waals surface area (Å²) in [6.07, 6.45) is 9.25. The first-order chi connectivity index (χ1) is 8.15. The van der Waals surface area contributed by atoms with Crippen molar-refractivity contribution in [2.75, 3.05) is 6.54 Å². The number of hydrogen-bond acceptors (Lipinski definition) is 3. The van der Waals surface area contributed by atoms with E-state index in [0.29, 0.717) is 5.57 Å². The minimum Gasteiger partial charge on any atom is -0.385 e. The maximum atomic E-state index is 11.3. The quantitative estimate of drug-likeness (QED) is 0.419. The van der Waals surface area contributed by atoms with E-state index in [9.17, 15) is 9.59 Å². The van der Waals surface area contributed by atoms with Crippen LogP contribution in [-0.4, -0.2) is 18.1 Å². The van der Waals surface area contributed by atoms with Crippen molar-refractivity contribution in [3.8, 4) is 0 Å². The van der Waals surface area contributed by atoms with Crippen molar-refractivity contribution in [2.24, 2.45) is 0 Å². The third-order valence-corrected chi connectivity index (χ3v) is 2.85. The van der Waals surface area contributed by atoms with Gasteiger partial charge in [-0.15, -0.1) is 0 Å². The van der Waals surface area contributed by atoms with Crippen LogP contribution in [0.3, 0.4) is 0 Å². The summed E-state index contributed by atoms with van der Waals surface area (Å²) in [5.74, 6) is -0.808. The number of unbranched alkanes of at least 4 members (excludes halogenated alkanes) is 4. The molecule has 0 fully saturated rings. The maximum absolute atomic E-state index is 11.3. The molecule has 1 aliphatic rings. The highest BCUT2D eigenvalue weighted by molar-refractivity contribution is 6.48. The van der Waals surface area contributed by atoms with E-state index in [-0.39, 0.29) is 0 Å². The summed E-state index contributed by atoms with van der Waals surface area (Å²) in [6.45, 7) is 4.73. The van der Waals surface area contributed by atoms with Crippen LogP contribution in [0.5, 0.6) is 0 Å². The summed E-state index contributed by atoms with van der Waals surface area (Å²) in [5.41, 5.74) is 1.29. The molecule has 0 saturated heterocycles. The van der Waals surface area contributed by atoms with Crippen LogP contribution >= 0.6 is 0 Å². The fourth-order valence-electron chi connectivity index (χ4n) is 1.80. The molecule has 3 heteroatoms. The van der Waals surface area contributed by atoms with Crippen LogP contribution in [0, 0.1) is 0 Å². The summed E-state index contributed by atoms with van der Waals surface area (Å²) in [5, 5.41) is 3.19. The fourth-order valence-corrected chi connectivity index (χ4v) is 1.80. The number of carbonyl (C=O) groups is 2. The zero-order valence-corrected chi connectivity index (χ0v) is 10.7. The number of nitrogens with one attached hydrogen (secondary N) is 1. The van der Waals surface area contributed by atoms with Crippen molar-refractivity contribution < 1.29 is 9.59 Å². The average Bonchev–Trinajstić information content (AvgIpc) is 2.30. The monoisotopic (exact) mass is 235 g/mol. The second kappa shape index (κ2) is 7.05. The third-order valence-electron chi connectivity index (χ3n) is 2.85. The lowest BCUT2D eigenvalue weighted by molar-refractivity contribution is -0.131. The van der Waals surface area contributed by atoms with Crippen molar-refractivity contribution in [2.45, 2.75) is 46.0 Å². The lowest BCUT2D eigenvalue weighted by atomic mass is 10.0. The van der Waals surface area contributed by atoms with Crippen LogP contribution < -0.4 is 5.32 Å². The van der Waals surface area contributed by atoms with Gasteiger partial charge in [-0.1, -0.05) is 32.6 Å². The van der Waals surface area contributed by atoms with Crippen LogP contribution in [0.15, 0.2) is 23.4 Å². The fraction of sp³-hybridized carbons (Fsp3) is 0.571. The van der Waals surface area contributed by atoms with E-state index in [1.807, 2.05) is 0 Å². The third kappa shape index (κ3) is 4.55. The molecule has 0 aromatic heterocycles. The summed E-state index contributed by atoms with van der Waals surface area (Å²) in [4.78, 5) is 22.5. The molecule has 0 heterocycles. The van der Waals surface area contributed by atoms with Gasteiger partial charge in [0.05, 0.1) is 0 Å². The number of Topliss-reactive ketones (excluding diaryl/α,β-unsaturated/α-hetero) is 1. The lowest BCUT2D eigenvalue weighted by Crippen LogP contribution is -2.23. The van der Waals surface area contributed by atoms with Crippen molar-refractivity contribution in [1.29, 1.82) is 0 Å². The highest BCUT2D eigenvalue weighted by atomic mass is 16.2. The van der Waals surface area contributed by atoms with Gasteiger partial charge in [0, 0.05) is 23.9 Å². The molecule has 0 amide bonds. The molecule has 0 aliphatic heterocycles. The molecular formula is C14H21NO2. The van der Waals surface area contributed by atoms with Gasteiger partial charge < -0.3 is 5.32 Å². The minimum absolute atomic E-state index is 0.390. The van der Waals surface area contributed by atoms with Crippen molar-refractivity contribution in [3.05, 3.63) is 23.4 Å². The molecule has 0 radical (unpaired) electrons. The van der Waals surface area contributed by atoms with Gasteiger partial charge in [-0.3, -0.25) is 9.59 Å². The van der Waals surface area contributed by atoms with E-state index in [1.165, 1.54) is 31.8 Å². The van der Waals surface area contributed by atoms with Gasteiger partial charge in [-0.2, -0.15) is 0 Å². The SMILES string of the molecule is CCCCCCCNC1=CC(=O)C(=O)C(C)=C1. The summed E-state index contributed by atoms with van der Waals surface area (Å²) >= 11 is 0. The average molecular weight is 235 g/mol.